The Labute approximate surface area is 86.4 Å². The third kappa shape index (κ3) is 3.30. The van der Waals surface area contributed by atoms with E-state index in [0.717, 1.165) is 32.3 Å². The standard InChI is InChI=1S/C11H20N2O/c1-3-4-5-6-11(13-12)10-7-9(2)14-8-10/h1,9-11,13H,4-8,12H2,2H3. The number of terminal acetylenes is 1. The highest BCUT2D eigenvalue weighted by Crippen LogP contribution is 2.24. The minimum atomic E-state index is 0.355. The predicted octanol–water partition coefficient (Wildman–Crippen LogP) is 1.05. The van der Waals surface area contributed by atoms with Gasteiger partial charge in [-0.05, 0) is 26.2 Å². The van der Waals surface area contributed by atoms with Crippen LogP contribution in [0.2, 0.25) is 0 Å². The molecule has 1 aliphatic heterocycles. The molecule has 0 aliphatic carbocycles. The number of hydrazine groups is 1. The third-order valence-corrected chi connectivity index (χ3v) is 2.85. The summed E-state index contributed by atoms with van der Waals surface area (Å²) in [5.74, 6) is 8.72. The van der Waals surface area contributed by atoms with E-state index in [0.29, 0.717) is 18.1 Å². The molecule has 0 spiro atoms. The molecule has 1 fully saturated rings. The molecule has 14 heavy (non-hydrogen) atoms. The highest BCUT2D eigenvalue weighted by Gasteiger charge is 2.28. The van der Waals surface area contributed by atoms with Gasteiger partial charge >= 0.3 is 0 Å². The quantitative estimate of drug-likeness (QED) is 0.299. The van der Waals surface area contributed by atoms with E-state index in [1.165, 1.54) is 0 Å². The van der Waals surface area contributed by atoms with E-state index in [1.54, 1.807) is 0 Å². The fraction of sp³-hybridized carbons (Fsp3) is 0.818. The van der Waals surface area contributed by atoms with E-state index >= 15 is 0 Å². The molecule has 0 radical (unpaired) electrons. The van der Waals surface area contributed by atoms with Gasteiger partial charge in [-0.2, -0.15) is 0 Å². The maximum Gasteiger partial charge on any atom is 0.0551 e. The van der Waals surface area contributed by atoms with Crippen LogP contribution in [-0.2, 0) is 4.74 Å². The summed E-state index contributed by atoms with van der Waals surface area (Å²) in [6.45, 7) is 2.93. The first-order valence-corrected chi connectivity index (χ1v) is 5.29. The van der Waals surface area contributed by atoms with Crippen LogP contribution in [0.3, 0.4) is 0 Å². The van der Waals surface area contributed by atoms with Gasteiger partial charge in [0.05, 0.1) is 12.7 Å². The molecule has 3 nitrogen and oxygen atoms in total. The van der Waals surface area contributed by atoms with Gasteiger partial charge in [0.25, 0.3) is 0 Å². The second-order valence-electron chi connectivity index (χ2n) is 4.01. The van der Waals surface area contributed by atoms with Crippen LogP contribution in [0.1, 0.15) is 32.6 Å². The van der Waals surface area contributed by atoms with Gasteiger partial charge in [0.15, 0.2) is 0 Å². The van der Waals surface area contributed by atoms with Crippen LogP contribution in [0.25, 0.3) is 0 Å². The highest BCUT2D eigenvalue weighted by atomic mass is 16.5. The van der Waals surface area contributed by atoms with Gasteiger partial charge in [0.1, 0.15) is 0 Å². The minimum Gasteiger partial charge on any atom is -0.378 e. The van der Waals surface area contributed by atoms with Crippen molar-refractivity contribution in [1.29, 1.82) is 0 Å². The molecule has 1 aliphatic rings. The van der Waals surface area contributed by atoms with Crippen LogP contribution >= 0.6 is 0 Å². The molecule has 0 amide bonds. The first-order valence-electron chi connectivity index (χ1n) is 5.29. The molecule has 3 heteroatoms. The van der Waals surface area contributed by atoms with Crippen molar-refractivity contribution in [3.63, 3.8) is 0 Å². The van der Waals surface area contributed by atoms with E-state index in [1.807, 2.05) is 0 Å². The predicted molar refractivity (Wildman–Crippen MR) is 57.3 cm³/mol. The first-order chi connectivity index (χ1) is 6.77. The normalized spacial score (nSPS) is 28.6. The molecule has 1 heterocycles. The maximum absolute atomic E-state index is 5.52. The van der Waals surface area contributed by atoms with Crippen molar-refractivity contribution < 1.29 is 4.74 Å². The van der Waals surface area contributed by atoms with Gasteiger partial charge in [-0.1, -0.05) is 0 Å². The zero-order valence-corrected chi connectivity index (χ0v) is 8.83. The molecule has 80 valence electrons. The molecule has 1 rings (SSSR count). The fourth-order valence-electron chi connectivity index (χ4n) is 2.01. The number of unbranched alkanes of at least 4 members (excludes halogenated alkanes) is 1. The average molecular weight is 196 g/mol. The Morgan fingerprint density at radius 1 is 1.71 bits per heavy atom. The number of hydrogen-bond acceptors (Lipinski definition) is 3. The Hall–Kier alpha value is -0.560. The number of ether oxygens (including phenoxy) is 1. The molecule has 0 aromatic carbocycles. The summed E-state index contributed by atoms with van der Waals surface area (Å²) in [6, 6.07) is 0.355. The van der Waals surface area contributed by atoms with Crippen molar-refractivity contribution in [2.45, 2.75) is 44.8 Å². The zero-order valence-electron chi connectivity index (χ0n) is 8.83. The Balaban J connectivity index is 2.27. The van der Waals surface area contributed by atoms with E-state index in [9.17, 15) is 0 Å². The lowest BCUT2D eigenvalue weighted by atomic mass is 9.93. The lowest BCUT2D eigenvalue weighted by Gasteiger charge is -2.20. The summed E-state index contributed by atoms with van der Waals surface area (Å²) in [7, 11) is 0. The van der Waals surface area contributed by atoms with Gasteiger partial charge in [-0.25, -0.2) is 0 Å². The Bertz CT molecular complexity index is 200. The molecule has 0 bridgehead atoms. The lowest BCUT2D eigenvalue weighted by Crippen LogP contribution is -2.41. The zero-order chi connectivity index (χ0) is 10.4. The summed E-state index contributed by atoms with van der Waals surface area (Å²) in [5, 5.41) is 0. The second kappa shape index (κ2) is 6.02. The largest absolute Gasteiger partial charge is 0.378 e. The van der Waals surface area contributed by atoms with E-state index in [2.05, 4.69) is 18.3 Å². The molecule has 0 aromatic rings. The molecular formula is C11H20N2O. The summed E-state index contributed by atoms with van der Waals surface area (Å²) in [4.78, 5) is 0. The molecule has 0 saturated carbocycles. The van der Waals surface area contributed by atoms with Crippen LogP contribution in [0, 0.1) is 18.3 Å². The molecule has 0 aromatic heterocycles. The summed E-state index contributed by atoms with van der Waals surface area (Å²) < 4.78 is 5.52. The van der Waals surface area contributed by atoms with Crippen LogP contribution in [0.4, 0.5) is 0 Å². The Morgan fingerprint density at radius 3 is 3.00 bits per heavy atom. The van der Waals surface area contributed by atoms with Crippen molar-refractivity contribution in [3.05, 3.63) is 0 Å². The molecule has 3 N–H and O–H groups in total. The van der Waals surface area contributed by atoms with Crippen molar-refractivity contribution in [3.8, 4) is 12.3 Å². The van der Waals surface area contributed by atoms with Crippen LogP contribution in [-0.4, -0.2) is 18.8 Å². The second-order valence-corrected chi connectivity index (χ2v) is 4.01. The number of nitrogens with two attached hydrogens (primary N) is 1. The van der Waals surface area contributed by atoms with Crippen LogP contribution in [0.15, 0.2) is 0 Å². The summed E-state index contributed by atoms with van der Waals surface area (Å²) in [5.41, 5.74) is 2.87. The lowest BCUT2D eigenvalue weighted by molar-refractivity contribution is 0.116. The van der Waals surface area contributed by atoms with Gasteiger partial charge in [0.2, 0.25) is 0 Å². The highest BCUT2D eigenvalue weighted by molar-refractivity contribution is 4.86. The maximum atomic E-state index is 5.52. The topological polar surface area (TPSA) is 47.3 Å². The molecule has 3 unspecified atom stereocenters. The fourth-order valence-corrected chi connectivity index (χ4v) is 2.01. The van der Waals surface area contributed by atoms with Gasteiger partial charge in [-0.15, -0.1) is 12.3 Å². The van der Waals surface area contributed by atoms with Gasteiger partial charge in [-0.3, -0.25) is 11.3 Å². The third-order valence-electron chi connectivity index (χ3n) is 2.85. The minimum absolute atomic E-state index is 0.355. The first kappa shape index (κ1) is 11.5. The monoisotopic (exact) mass is 196 g/mol. The smallest absolute Gasteiger partial charge is 0.0551 e. The average Bonchev–Trinajstić information content (AvgIpc) is 2.60. The van der Waals surface area contributed by atoms with Crippen molar-refractivity contribution in [1.82, 2.24) is 5.43 Å². The number of hydrogen-bond donors (Lipinski definition) is 2. The van der Waals surface area contributed by atoms with Crippen LogP contribution < -0.4 is 11.3 Å². The Morgan fingerprint density at radius 2 is 2.50 bits per heavy atom. The SMILES string of the molecule is C#CCCCC(NN)C1COC(C)C1. The summed E-state index contributed by atoms with van der Waals surface area (Å²) in [6.07, 6.45) is 9.60. The Kier molecular flexibility index (Phi) is 4.95. The van der Waals surface area contributed by atoms with E-state index in [-0.39, 0.29) is 0 Å². The molecule has 3 atom stereocenters. The van der Waals surface area contributed by atoms with Gasteiger partial charge in [0, 0.05) is 18.4 Å². The van der Waals surface area contributed by atoms with Crippen molar-refractivity contribution >= 4 is 0 Å². The van der Waals surface area contributed by atoms with Crippen molar-refractivity contribution in [2.75, 3.05) is 6.61 Å². The molecular weight excluding hydrogens is 176 g/mol. The van der Waals surface area contributed by atoms with Crippen LogP contribution in [0.5, 0.6) is 0 Å². The summed E-state index contributed by atoms with van der Waals surface area (Å²) >= 11 is 0. The van der Waals surface area contributed by atoms with E-state index in [4.69, 9.17) is 17.0 Å². The number of nitrogens with one attached hydrogen (secondary N) is 1. The van der Waals surface area contributed by atoms with Gasteiger partial charge < -0.3 is 4.74 Å². The number of rotatable bonds is 5. The van der Waals surface area contributed by atoms with E-state index < -0.39 is 0 Å². The van der Waals surface area contributed by atoms with Crippen molar-refractivity contribution in [2.24, 2.45) is 11.8 Å². The molecule has 1 saturated heterocycles.